The molecular weight excluding hydrogens is 264 g/mol. The number of benzene rings is 1. The third-order valence-corrected chi connectivity index (χ3v) is 4.40. The van der Waals surface area contributed by atoms with Crippen molar-refractivity contribution in [3.63, 3.8) is 0 Å². The van der Waals surface area contributed by atoms with E-state index in [0.717, 1.165) is 18.6 Å². The van der Waals surface area contributed by atoms with Gasteiger partial charge in [0, 0.05) is 9.75 Å². The molecule has 0 N–H and O–H groups in total. The van der Waals surface area contributed by atoms with Crippen LogP contribution >= 0.6 is 11.3 Å². The topological polar surface area (TPSA) is 9.23 Å². The number of ether oxygens (including phenoxy) is 1. The van der Waals surface area contributed by atoms with Gasteiger partial charge in [0.2, 0.25) is 0 Å². The van der Waals surface area contributed by atoms with Gasteiger partial charge in [-0.2, -0.15) is 0 Å². The molecule has 0 atom stereocenters. The lowest BCUT2D eigenvalue weighted by Crippen LogP contribution is -1.92. The lowest BCUT2D eigenvalue weighted by molar-refractivity contribution is 0.362. The predicted molar refractivity (Wildman–Crippen MR) is 88.7 cm³/mol. The number of unbranched alkanes of at least 4 members (excludes halogenated alkanes) is 1. The Hall–Kier alpha value is -1.54. The zero-order valence-electron chi connectivity index (χ0n) is 12.3. The number of aryl methyl sites for hydroxylation is 1. The molecule has 0 radical (unpaired) electrons. The van der Waals surface area contributed by atoms with E-state index in [4.69, 9.17) is 4.74 Å². The summed E-state index contributed by atoms with van der Waals surface area (Å²) in [5, 5.41) is 0. The summed E-state index contributed by atoms with van der Waals surface area (Å²) >= 11 is 1.87. The van der Waals surface area contributed by atoms with E-state index in [9.17, 15) is 0 Å². The van der Waals surface area contributed by atoms with Crippen molar-refractivity contribution in [2.45, 2.75) is 33.1 Å². The lowest BCUT2D eigenvalue weighted by Gasteiger charge is -2.04. The predicted octanol–water partition coefficient (Wildman–Crippen LogP) is 5.71. The van der Waals surface area contributed by atoms with Crippen LogP contribution in [0.1, 0.15) is 31.6 Å². The van der Waals surface area contributed by atoms with Crippen LogP contribution in [0.5, 0.6) is 5.75 Å². The first-order chi connectivity index (χ1) is 9.83. The smallest absolute Gasteiger partial charge is 0.119 e. The minimum Gasteiger partial charge on any atom is -0.490 e. The summed E-state index contributed by atoms with van der Waals surface area (Å²) in [6.45, 7) is 5.02. The highest BCUT2D eigenvalue weighted by molar-refractivity contribution is 7.15. The average molecular weight is 286 g/mol. The fourth-order valence-corrected chi connectivity index (χ4v) is 2.89. The van der Waals surface area contributed by atoms with Gasteiger partial charge in [0.25, 0.3) is 0 Å². The maximum absolute atomic E-state index is 5.69. The molecule has 2 aromatic rings. The molecule has 0 unspecified atom stereocenters. The fourth-order valence-electron chi connectivity index (χ4n) is 1.94. The van der Waals surface area contributed by atoms with Gasteiger partial charge in [0.05, 0.1) is 0 Å². The number of thiophene rings is 1. The van der Waals surface area contributed by atoms with Gasteiger partial charge in [-0.15, -0.1) is 11.3 Å². The molecule has 0 fully saturated rings. The third kappa shape index (κ3) is 4.24. The maximum Gasteiger partial charge on any atom is 0.119 e. The van der Waals surface area contributed by atoms with Crippen molar-refractivity contribution < 1.29 is 4.74 Å². The molecule has 20 heavy (non-hydrogen) atoms. The Labute approximate surface area is 125 Å². The van der Waals surface area contributed by atoms with Crippen LogP contribution in [-0.2, 0) is 6.42 Å². The van der Waals surface area contributed by atoms with Crippen molar-refractivity contribution in [2.24, 2.45) is 0 Å². The van der Waals surface area contributed by atoms with Crippen molar-refractivity contribution in [2.75, 3.05) is 6.61 Å². The van der Waals surface area contributed by atoms with Crippen molar-refractivity contribution in [3.05, 3.63) is 53.4 Å². The third-order valence-electron chi connectivity index (χ3n) is 3.12. The van der Waals surface area contributed by atoms with Crippen LogP contribution < -0.4 is 4.74 Å². The van der Waals surface area contributed by atoms with Gasteiger partial charge in [0.1, 0.15) is 12.4 Å². The van der Waals surface area contributed by atoms with E-state index in [-0.39, 0.29) is 0 Å². The summed E-state index contributed by atoms with van der Waals surface area (Å²) in [7, 11) is 0. The second-order valence-electron chi connectivity index (χ2n) is 4.71. The first-order valence-electron chi connectivity index (χ1n) is 7.30. The summed E-state index contributed by atoms with van der Waals surface area (Å²) in [4.78, 5) is 2.76. The minimum atomic E-state index is 0.651. The Bertz CT molecular complexity index is 537. The van der Waals surface area contributed by atoms with Gasteiger partial charge in [0.15, 0.2) is 0 Å². The Morgan fingerprint density at radius 1 is 1.00 bits per heavy atom. The lowest BCUT2D eigenvalue weighted by atomic mass is 10.2. The Balaban J connectivity index is 1.92. The van der Waals surface area contributed by atoms with Crippen LogP contribution in [0.15, 0.2) is 48.6 Å². The molecule has 1 aromatic heterocycles. The summed E-state index contributed by atoms with van der Waals surface area (Å²) in [5.74, 6) is 0.933. The van der Waals surface area contributed by atoms with E-state index in [1.807, 2.05) is 23.5 Å². The highest BCUT2D eigenvalue weighted by atomic mass is 32.1. The highest BCUT2D eigenvalue weighted by Crippen LogP contribution is 2.29. The van der Waals surface area contributed by atoms with E-state index >= 15 is 0 Å². The standard InChI is InChI=1S/C18H22OS/c1-3-5-6-7-14-19-16-10-8-15(9-11-16)18-13-12-17(4-2)20-18/h6-13H,3-5,14H2,1-2H3. The maximum atomic E-state index is 5.69. The quantitative estimate of drug-likeness (QED) is 0.592. The number of rotatable bonds is 7. The SMILES string of the molecule is CCCC=CCOc1ccc(-c2ccc(CC)s2)cc1. The number of hydrogen-bond acceptors (Lipinski definition) is 2. The Morgan fingerprint density at radius 2 is 1.80 bits per heavy atom. The van der Waals surface area contributed by atoms with E-state index in [1.54, 1.807) is 0 Å². The number of allylic oxidation sites excluding steroid dienone is 1. The molecule has 0 bridgehead atoms. The molecule has 0 spiro atoms. The van der Waals surface area contributed by atoms with Crippen molar-refractivity contribution in [3.8, 4) is 16.2 Å². The van der Waals surface area contributed by atoms with Gasteiger partial charge in [-0.05, 0) is 54.8 Å². The van der Waals surface area contributed by atoms with E-state index in [2.05, 4.69) is 50.3 Å². The van der Waals surface area contributed by atoms with Crippen LogP contribution in [0.2, 0.25) is 0 Å². The molecule has 106 valence electrons. The highest BCUT2D eigenvalue weighted by Gasteiger charge is 2.02. The first kappa shape index (κ1) is 14.9. The minimum absolute atomic E-state index is 0.651. The van der Waals surface area contributed by atoms with E-state index in [1.165, 1.54) is 21.7 Å². The molecule has 1 nitrogen and oxygen atoms in total. The normalized spacial score (nSPS) is 11.1. The van der Waals surface area contributed by atoms with Gasteiger partial charge >= 0.3 is 0 Å². The van der Waals surface area contributed by atoms with Gasteiger partial charge < -0.3 is 4.74 Å². The van der Waals surface area contributed by atoms with Crippen LogP contribution in [0, 0.1) is 0 Å². The fraction of sp³-hybridized carbons (Fsp3) is 0.333. The summed E-state index contributed by atoms with van der Waals surface area (Å²) in [5.41, 5.74) is 1.27. The van der Waals surface area contributed by atoms with Gasteiger partial charge in [-0.1, -0.05) is 32.4 Å². The van der Waals surface area contributed by atoms with E-state index in [0.29, 0.717) is 6.61 Å². The molecule has 1 aromatic carbocycles. The Morgan fingerprint density at radius 3 is 2.45 bits per heavy atom. The molecule has 0 saturated heterocycles. The summed E-state index contributed by atoms with van der Waals surface area (Å²) < 4.78 is 5.69. The second-order valence-corrected chi connectivity index (χ2v) is 5.88. The van der Waals surface area contributed by atoms with Gasteiger partial charge in [-0.3, -0.25) is 0 Å². The average Bonchev–Trinajstić information content (AvgIpc) is 2.97. The van der Waals surface area contributed by atoms with Crippen LogP contribution in [-0.4, -0.2) is 6.61 Å². The molecule has 0 aliphatic heterocycles. The van der Waals surface area contributed by atoms with Crippen molar-refractivity contribution >= 4 is 11.3 Å². The van der Waals surface area contributed by atoms with E-state index < -0.39 is 0 Å². The molecule has 0 aliphatic carbocycles. The first-order valence-corrected chi connectivity index (χ1v) is 8.12. The van der Waals surface area contributed by atoms with Gasteiger partial charge in [-0.25, -0.2) is 0 Å². The van der Waals surface area contributed by atoms with Crippen LogP contribution in [0.3, 0.4) is 0 Å². The Kier molecular flexibility index (Phi) is 5.87. The van der Waals surface area contributed by atoms with Crippen LogP contribution in [0.4, 0.5) is 0 Å². The zero-order valence-corrected chi connectivity index (χ0v) is 13.1. The monoisotopic (exact) mass is 286 g/mol. The van der Waals surface area contributed by atoms with Crippen molar-refractivity contribution in [1.29, 1.82) is 0 Å². The summed E-state index contributed by atoms with van der Waals surface area (Å²) in [6, 6.07) is 12.8. The summed E-state index contributed by atoms with van der Waals surface area (Å²) in [6.07, 6.45) is 7.68. The molecule has 0 amide bonds. The molecule has 0 saturated carbocycles. The molecule has 2 heteroatoms. The van der Waals surface area contributed by atoms with Crippen molar-refractivity contribution in [1.82, 2.24) is 0 Å². The largest absolute Gasteiger partial charge is 0.490 e. The number of hydrogen-bond donors (Lipinski definition) is 0. The second kappa shape index (κ2) is 7.91. The van der Waals surface area contributed by atoms with Crippen LogP contribution in [0.25, 0.3) is 10.4 Å². The molecule has 1 heterocycles. The molecular formula is C18H22OS. The molecule has 2 rings (SSSR count). The molecule has 0 aliphatic rings. The zero-order chi connectivity index (χ0) is 14.2.